The molecule has 0 spiro atoms. The van der Waals surface area contributed by atoms with E-state index in [0.717, 1.165) is 24.3 Å². The van der Waals surface area contributed by atoms with Gasteiger partial charge in [-0.2, -0.15) is 0 Å². The van der Waals surface area contributed by atoms with Gasteiger partial charge in [0.05, 0.1) is 24.9 Å². The number of nitrogens with two attached hydrogens (primary N) is 1. The molecule has 3 N–H and O–H groups in total. The molecule has 0 radical (unpaired) electrons. The molecule has 0 bridgehead atoms. The highest BCUT2D eigenvalue weighted by molar-refractivity contribution is 5.99. The lowest BCUT2D eigenvalue weighted by atomic mass is 9.95. The number of amides is 1. The van der Waals surface area contributed by atoms with Gasteiger partial charge in [0.15, 0.2) is 23.3 Å². The van der Waals surface area contributed by atoms with Crippen molar-refractivity contribution in [3.8, 4) is 5.88 Å². The predicted octanol–water partition coefficient (Wildman–Crippen LogP) is 3.95. The summed E-state index contributed by atoms with van der Waals surface area (Å²) in [4.78, 5) is 21.9. The van der Waals surface area contributed by atoms with Crippen molar-refractivity contribution in [1.82, 2.24) is 14.9 Å². The van der Waals surface area contributed by atoms with Crippen molar-refractivity contribution in [1.29, 1.82) is 0 Å². The molecule has 1 atom stereocenters. The minimum Gasteiger partial charge on any atom is -0.476 e. The van der Waals surface area contributed by atoms with Crippen LogP contribution in [0.25, 0.3) is 21.7 Å². The van der Waals surface area contributed by atoms with Crippen molar-refractivity contribution < 1.29 is 31.8 Å². The van der Waals surface area contributed by atoms with Gasteiger partial charge < -0.3 is 25.1 Å². The first-order chi connectivity index (χ1) is 16.8. The number of likely N-dealkylation sites (N-methyl/N-ethyl adjacent to an activating group) is 1. The standard InChI is InChI=1S/C24H20F4N4O3/c1-32(24(33)19-5-11-4-14(25)17(28)8-18(11)30-19)21-10-34-9-20-22(21)12-6-15(26)16(27)7-13(12)23(31-20)35-3-2-29/h4-8,21,30H,2-3,9-10,29H2,1H3/t21-/m0/s1. The molecule has 1 aliphatic heterocycles. The molecule has 182 valence electrons. The number of ether oxygens (including phenoxy) is 2. The van der Waals surface area contributed by atoms with Crippen molar-refractivity contribution >= 4 is 27.6 Å². The van der Waals surface area contributed by atoms with Crippen molar-refractivity contribution in [3.63, 3.8) is 0 Å². The second-order valence-electron chi connectivity index (χ2n) is 8.21. The Balaban J connectivity index is 1.59. The molecular weight excluding hydrogens is 468 g/mol. The van der Waals surface area contributed by atoms with E-state index in [1.807, 2.05) is 0 Å². The summed E-state index contributed by atoms with van der Waals surface area (Å²) in [5.74, 6) is -4.61. The number of rotatable bonds is 5. The lowest BCUT2D eigenvalue weighted by Gasteiger charge is -2.33. The Hall–Kier alpha value is -3.70. The molecule has 0 saturated carbocycles. The highest BCUT2D eigenvalue weighted by Crippen LogP contribution is 2.39. The first-order valence-electron chi connectivity index (χ1n) is 10.8. The van der Waals surface area contributed by atoms with Gasteiger partial charge in [0, 0.05) is 41.5 Å². The number of hydrogen-bond acceptors (Lipinski definition) is 5. The molecule has 2 aromatic heterocycles. The topological polar surface area (TPSA) is 93.5 Å². The van der Waals surface area contributed by atoms with Crippen LogP contribution in [0, 0.1) is 23.3 Å². The van der Waals surface area contributed by atoms with Crippen LogP contribution in [0.4, 0.5) is 17.6 Å². The number of aromatic nitrogens is 2. The zero-order chi connectivity index (χ0) is 24.9. The Morgan fingerprint density at radius 2 is 1.80 bits per heavy atom. The van der Waals surface area contributed by atoms with Crippen LogP contribution in [-0.4, -0.2) is 47.6 Å². The van der Waals surface area contributed by atoms with Crippen LogP contribution >= 0.6 is 0 Å². The van der Waals surface area contributed by atoms with E-state index in [2.05, 4.69) is 9.97 Å². The number of hydrogen-bond donors (Lipinski definition) is 2. The number of H-pyrrole nitrogens is 1. The zero-order valence-electron chi connectivity index (χ0n) is 18.5. The van der Waals surface area contributed by atoms with Gasteiger partial charge in [0.25, 0.3) is 5.91 Å². The third-order valence-corrected chi connectivity index (χ3v) is 6.01. The largest absolute Gasteiger partial charge is 0.476 e. The maximum atomic E-state index is 14.3. The van der Waals surface area contributed by atoms with Gasteiger partial charge in [-0.15, -0.1) is 0 Å². The summed E-state index contributed by atoms with van der Waals surface area (Å²) < 4.78 is 66.9. The van der Waals surface area contributed by atoms with Crippen molar-refractivity contribution in [2.45, 2.75) is 12.6 Å². The highest BCUT2D eigenvalue weighted by Gasteiger charge is 2.33. The fraction of sp³-hybridized carbons (Fsp3) is 0.250. The molecule has 3 heterocycles. The van der Waals surface area contributed by atoms with Gasteiger partial charge in [0.2, 0.25) is 5.88 Å². The fourth-order valence-electron chi connectivity index (χ4n) is 4.32. The van der Waals surface area contributed by atoms with Crippen molar-refractivity contribution in [2.75, 3.05) is 26.8 Å². The first kappa shape index (κ1) is 23.1. The SMILES string of the molecule is CN(C(=O)c1cc2cc(F)c(F)cc2[nH]1)[C@H]1COCc2nc(OCCN)c3cc(F)c(F)cc3c21. The van der Waals surface area contributed by atoms with Crippen LogP contribution < -0.4 is 10.5 Å². The molecule has 0 saturated heterocycles. The summed E-state index contributed by atoms with van der Waals surface area (Å²) in [5, 5.41) is 0.891. The number of pyridine rings is 1. The number of halogens is 4. The Bertz CT molecular complexity index is 1430. The van der Waals surface area contributed by atoms with E-state index >= 15 is 0 Å². The lowest BCUT2D eigenvalue weighted by molar-refractivity contribution is 0.0331. The van der Waals surface area contributed by atoms with E-state index in [1.54, 1.807) is 0 Å². The second kappa shape index (κ2) is 8.82. The highest BCUT2D eigenvalue weighted by atomic mass is 19.2. The maximum absolute atomic E-state index is 14.3. The van der Waals surface area contributed by atoms with E-state index < -0.39 is 35.2 Å². The van der Waals surface area contributed by atoms with Crippen molar-refractivity contribution in [3.05, 3.63) is 70.6 Å². The molecule has 2 aromatic carbocycles. The Kier molecular flexibility index (Phi) is 5.81. The normalized spacial score (nSPS) is 15.4. The minimum atomic E-state index is -1.07. The van der Waals surface area contributed by atoms with Gasteiger partial charge in [-0.1, -0.05) is 0 Å². The Morgan fingerprint density at radius 1 is 1.11 bits per heavy atom. The number of fused-ring (bicyclic) bond motifs is 4. The summed E-state index contributed by atoms with van der Waals surface area (Å²) in [6.07, 6.45) is 0. The monoisotopic (exact) mass is 488 g/mol. The van der Waals surface area contributed by atoms with Gasteiger partial charge >= 0.3 is 0 Å². The third kappa shape index (κ3) is 3.96. The molecule has 35 heavy (non-hydrogen) atoms. The van der Waals surface area contributed by atoms with Gasteiger partial charge in [0.1, 0.15) is 12.3 Å². The van der Waals surface area contributed by atoms with Crippen LogP contribution in [0.15, 0.2) is 30.3 Å². The van der Waals surface area contributed by atoms with Gasteiger partial charge in [-0.3, -0.25) is 4.79 Å². The fourth-order valence-corrected chi connectivity index (χ4v) is 4.32. The van der Waals surface area contributed by atoms with E-state index in [0.29, 0.717) is 22.0 Å². The summed E-state index contributed by atoms with van der Waals surface area (Å²) in [6, 6.07) is 4.71. The van der Waals surface area contributed by atoms with E-state index in [-0.39, 0.29) is 48.8 Å². The number of nitrogens with zero attached hydrogens (tertiary/aromatic N) is 2. The quantitative estimate of drug-likeness (QED) is 0.415. The Morgan fingerprint density at radius 3 is 2.54 bits per heavy atom. The Labute approximate surface area is 196 Å². The zero-order valence-corrected chi connectivity index (χ0v) is 18.5. The molecule has 4 aromatic rings. The molecule has 0 aliphatic carbocycles. The third-order valence-electron chi connectivity index (χ3n) is 6.01. The minimum absolute atomic E-state index is 0.0670. The number of carbonyl (C=O) groups excluding carboxylic acids is 1. The van der Waals surface area contributed by atoms with Crippen LogP contribution in [0.1, 0.15) is 27.8 Å². The molecule has 5 rings (SSSR count). The summed E-state index contributed by atoms with van der Waals surface area (Å²) in [5.41, 5.74) is 6.76. The number of nitrogens with one attached hydrogen (secondary N) is 1. The van der Waals surface area contributed by atoms with Gasteiger partial charge in [-0.05, 0) is 29.7 Å². The van der Waals surface area contributed by atoms with E-state index in [4.69, 9.17) is 15.2 Å². The first-order valence-corrected chi connectivity index (χ1v) is 10.8. The smallest absolute Gasteiger partial charge is 0.270 e. The number of carbonyl (C=O) groups is 1. The molecule has 1 amide bonds. The maximum Gasteiger partial charge on any atom is 0.270 e. The molecule has 0 fully saturated rings. The van der Waals surface area contributed by atoms with E-state index in [9.17, 15) is 22.4 Å². The molecule has 0 unspecified atom stereocenters. The predicted molar refractivity (Wildman–Crippen MR) is 119 cm³/mol. The second-order valence-corrected chi connectivity index (χ2v) is 8.21. The summed E-state index contributed by atoms with van der Waals surface area (Å²) in [6.45, 7) is 0.451. The lowest BCUT2D eigenvalue weighted by Crippen LogP contribution is -2.37. The van der Waals surface area contributed by atoms with Crippen LogP contribution in [0.2, 0.25) is 0 Å². The molecule has 1 aliphatic rings. The molecular formula is C24H20F4N4O3. The van der Waals surface area contributed by atoms with Crippen LogP contribution in [0.5, 0.6) is 5.88 Å². The van der Waals surface area contributed by atoms with Crippen molar-refractivity contribution in [2.24, 2.45) is 5.73 Å². The summed E-state index contributed by atoms with van der Waals surface area (Å²) in [7, 11) is 1.52. The van der Waals surface area contributed by atoms with Crippen LogP contribution in [-0.2, 0) is 11.3 Å². The average molecular weight is 488 g/mol. The molecule has 11 heteroatoms. The number of benzene rings is 2. The summed E-state index contributed by atoms with van der Waals surface area (Å²) >= 11 is 0. The molecule has 7 nitrogen and oxygen atoms in total. The van der Waals surface area contributed by atoms with Crippen LogP contribution in [0.3, 0.4) is 0 Å². The number of aromatic amines is 1. The van der Waals surface area contributed by atoms with E-state index in [1.165, 1.54) is 18.0 Å². The average Bonchev–Trinajstić information content (AvgIpc) is 3.25. The van der Waals surface area contributed by atoms with Gasteiger partial charge in [-0.25, -0.2) is 22.5 Å².